The number of hydrogen-bond donors (Lipinski definition) is 1. The van der Waals surface area contributed by atoms with Gasteiger partial charge in [-0.15, -0.1) is 0 Å². The van der Waals surface area contributed by atoms with Crippen molar-refractivity contribution in [2.75, 3.05) is 7.11 Å². The first-order chi connectivity index (χ1) is 10.5. The van der Waals surface area contributed by atoms with Gasteiger partial charge >= 0.3 is 0 Å². The van der Waals surface area contributed by atoms with E-state index in [1.54, 1.807) is 7.11 Å². The van der Waals surface area contributed by atoms with Crippen LogP contribution in [0, 0.1) is 11.3 Å². The third kappa shape index (κ3) is 1.63. The molecule has 3 aliphatic rings. The van der Waals surface area contributed by atoms with Crippen LogP contribution in [0.15, 0.2) is 18.2 Å². The molecule has 0 aromatic heterocycles. The van der Waals surface area contributed by atoms with Gasteiger partial charge in [-0.05, 0) is 74.1 Å². The Morgan fingerprint density at radius 1 is 1.23 bits per heavy atom. The van der Waals surface area contributed by atoms with Crippen molar-refractivity contribution in [3.05, 3.63) is 29.3 Å². The molecular formula is C19H24O3. The lowest BCUT2D eigenvalue weighted by Gasteiger charge is -2.53. The Hall–Kier alpha value is -1.35. The summed E-state index contributed by atoms with van der Waals surface area (Å²) < 4.78 is 5.34. The summed E-state index contributed by atoms with van der Waals surface area (Å²) in [5, 5.41) is 11.4. The molecular weight excluding hydrogens is 276 g/mol. The quantitative estimate of drug-likeness (QED) is 0.866. The molecule has 4 rings (SSSR count). The zero-order valence-electron chi connectivity index (χ0n) is 13.4. The van der Waals surface area contributed by atoms with Crippen molar-refractivity contribution >= 4 is 5.78 Å². The van der Waals surface area contributed by atoms with E-state index in [1.165, 1.54) is 11.1 Å². The Balaban J connectivity index is 1.75. The Bertz CT molecular complexity index is 638. The van der Waals surface area contributed by atoms with E-state index in [-0.39, 0.29) is 11.7 Å². The van der Waals surface area contributed by atoms with Crippen molar-refractivity contribution in [3.8, 4) is 5.75 Å². The summed E-state index contributed by atoms with van der Waals surface area (Å²) in [6, 6.07) is 6.34. The Kier molecular flexibility index (Phi) is 2.96. The molecule has 1 aromatic rings. The molecule has 3 heteroatoms. The van der Waals surface area contributed by atoms with Crippen molar-refractivity contribution in [3.63, 3.8) is 0 Å². The van der Waals surface area contributed by atoms with Gasteiger partial charge in [-0.1, -0.05) is 6.07 Å². The van der Waals surface area contributed by atoms with Crippen LogP contribution in [0.25, 0.3) is 0 Å². The van der Waals surface area contributed by atoms with Gasteiger partial charge in [-0.3, -0.25) is 4.79 Å². The fourth-order valence-electron chi connectivity index (χ4n) is 5.44. The van der Waals surface area contributed by atoms with Crippen LogP contribution in [0.3, 0.4) is 0 Å². The van der Waals surface area contributed by atoms with E-state index in [1.807, 2.05) is 13.0 Å². The molecule has 22 heavy (non-hydrogen) atoms. The Morgan fingerprint density at radius 2 is 2.05 bits per heavy atom. The molecule has 0 spiro atoms. The van der Waals surface area contributed by atoms with Crippen molar-refractivity contribution in [2.45, 2.75) is 57.0 Å². The van der Waals surface area contributed by atoms with E-state index < -0.39 is 11.0 Å². The van der Waals surface area contributed by atoms with Crippen molar-refractivity contribution in [2.24, 2.45) is 11.3 Å². The molecule has 118 valence electrons. The second kappa shape index (κ2) is 4.58. The molecule has 0 aliphatic heterocycles. The highest BCUT2D eigenvalue weighted by atomic mass is 16.5. The summed E-state index contributed by atoms with van der Waals surface area (Å²) in [5.74, 6) is 1.79. The minimum atomic E-state index is -0.801. The summed E-state index contributed by atoms with van der Waals surface area (Å²) in [5.41, 5.74) is 1.41. The van der Waals surface area contributed by atoms with Gasteiger partial charge in [0, 0.05) is 6.42 Å². The summed E-state index contributed by atoms with van der Waals surface area (Å²) in [4.78, 5) is 12.4. The first-order valence-corrected chi connectivity index (χ1v) is 8.42. The molecule has 0 saturated heterocycles. The maximum Gasteiger partial charge on any atom is 0.141 e. The maximum atomic E-state index is 12.4. The number of carbonyl (C=O) groups excluding carboxylic acids is 1. The predicted octanol–water partition coefficient (Wildman–Crippen LogP) is 3.24. The number of hydrogen-bond acceptors (Lipinski definition) is 3. The fraction of sp³-hybridized carbons (Fsp3) is 0.632. The van der Waals surface area contributed by atoms with E-state index in [9.17, 15) is 9.90 Å². The van der Waals surface area contributed by atoms with Gasteiger partial charge in [-0.2, -0.15) is 0 Å². The van der Waals surface area contributed by atoms with Gasteiger partial charge < -0.3 is 9.84 Å². The highest BCUT2D eigenvalue weighted by Gasteiger charge is 2.64. The van der Waals surface area contributed by atoms with Gasteiger partial charge in [0.1, 0.15) is 11.5 Å². The van der Waals surface area contributed by atoms with E-state index in [0.717, 1.165) is 31.4 Å². The van der Waals surface area contributed by atoms with Crippen LogP contribution in [0.4, 0.5) is 0 Å². The van der Waals surface area contributed by atoms with Crippen LogP contribution in [0.1, 0.15) is 56.1 Å². The second-order valence-corrected chi connectivity index (χ2v) is 7.53. The molecule has 1 aromatic carbocycles. The zero-order chi connectivity index (χ0) is 15.5. The molecule has 0 bridgehead atoms. The van der Waals surface area contributed by atoms with Crippen molar-refractivity contribution in [1.82, 2.24) is 0 Å². The molecule has 2 saturated carbocycles. The first kappa shape index (κ1) is 14.3. The van der Waals surface area contributed by atoms with Gasteiger partial charge in [0.25, 0.3) is 0 Å². The monoisotopic (exact) mass is 300 g/mol. The molecule has 4 atom stereocenters. The van der Waals surface area contributed by atoms with E-state index in [4.69, 9.17) is 4.74 Å². The number of Topliss-reactive ketones (excluding diaryl/α,β-unsaturated/α-hetero) is 1. The third-order valence-corrected chi connectivity index (χ3v) is 6.83. The summed E-state index contributed by atoms with van der Waals surface area (Å²) in [6.07, 6.45) is 4.97. The molecule has 0 amide bonds. The molecule has 1 N–H and O–H groups in total. The number of aryl methyl sites for hydroxylation is 1. The van der Waals surface area contributed by atoms with Crippen LogP contribution in [0.2, 0.25) is 0 Å². The fourth-order valence-corrected chi connectivity index (χ4v) is 5.44. The highest BCUT2D eigenvalue weighted by Crippen LogP contribution is 2.61. The molecule has 0 unspecified atom stereocenters. The number of benzene rings is 1. The van der Waals surface area contributed by atoms with Crippen LogP contribution in [-0.4, -0.2) is 23.6 Å². The van der Waals surface area contributed by atoms with Gasteiger partial charge in [-0.25, -0.2) is 0 Å². The standard InChI is InChI=1S/C19H24O3/c1-18-9-7-15-14-5-4-13(22-2)11-12(14)3-6-16(15)19(18,21)10-8-17(18)20/h4-5,11,15-16,21H,3,6-10H2,1-2H3/t15-,16-,18-,19+/m1/s1. The molecule has 0 radical (unpaired) electrons. The number of fused-ring (bicyclic) bond motifs is 5. The third-order valence-electron chi connectivity index (χ3n) is 6.83. The second-order valence-electron chi connectivity index (χ2n) is 7.53. The van der Waals surface area contributed by atoms with Crippen molar-refractivity contribution in [1.29, 1.82) is 0 Å². The number of aliphatic hydroxyl groups is 1. The number of ketones is 1. The smallest absolute Gasteiger partial charge is 0.141 e. The minimum absolute atomic E-state index is 0.221. The predicted molar refractivity (Wildman–Crippen MR) is 84.1 cm³/mol. The highest BCUT2D eigenvalue weighted by molar-refractivity contribution is 5.88. The number of rotatable bonds is 1. The SMILES string of the molecule is COc1ccc2c(c1)CC[C@@H]1[C@@H]2CC[C@]2(C)C(=O)CC[C@]12O. The normalized spacial score (nSPS) is 39.9. The Morgan fingerprint density at radius 3 is 2.82 bits per heavy atom. The topological polar surface area (TPSA) is 46.5 Å². The summed E-state index contributed by atoms with van der Waals surface area (Å²) >= 11 is 0. The minimum Gasteiger partial charge on any atom is -0.497 e. The van der Waals surface area contributed by atoms with Gasteiger partial charge in [0.05, 0.1) is 18.1 Å². The molecule has 2 fully saturated rings. The zero-order valence-corrected chi connectivity index (χ0v) is 13.4. The van der Waals surface area contributed by atoms with E-state index >= 15 is 0 Å². The summed E-state index contributed by atoms with van der Waals surface area (Å²) in [7, 11) is 1.70. The van der Waals surface area contributed by atoms with Crippen LogP contribution in [-0.2, 0) is 11.2 Å². The largest absolute Gasteiger partial charge is 0.497 e. The lowest BCUT2D eigenvalue weighted by molar-refractivity contribution is -0.157. The molecule has 3 nitrogen and oxygen atoms in total. The lowest BCUT2D eigenvalue weighted by atomic mass is 9.53. The first-order valence-electron chi connectivity index (χ1n) is 8.42. The van der Waals surface area contributed by atoms with Crippen LogP contribution < -0.4 is 4.74 Å². The number of methoxy groups -OCH3 is 1. The number of ether oxygens (including phenoxy) is 1. The van der Waals surface area contributed by atoms with E-state index in [0.29, 0.717) is 18.8 Å². The van der Waals surface area contributed by atoms with E-state index in [2.05, 4.69) is 12.1 Å². The summed E-state index contributed by atoms with van der Waals surface area (Å²) in [6.45, 7) is 2.00. The Labute approximate surface area is 131 Å². The average molecular weight is 300 g/mol. The van der Waals surface area contributed by atoms with Gasteiger partial charge in [0.2, 0.25) is 0 Å². The van der Waals surface area contributed by atoms with Crippen molar-refractivity contribution < 1.29 is 14.6 Å². The molecule has 3 aliphatic carbocycles. The lowest BCUT2D eigenvalue weighted by Crippen LogP contribution is -2.56. The average Bonchev–Trinajstić information content (AvgIpc) is 2.78. The van der Waals surface area contributed by atoms with Crippen LogP contribution in [0.5, 0.6) is 5.75 Å². The van der Waals surface area contributed by atoms with Crippen LogP contribution >= 0.6 is 0 Å². The number of carbonyl (C=O) groups is 1. The van der Waals surface area contributed by atoms with Gasteiger partial charge in [0.15, 0.2) is 0 Å². The molecule has 0 heterocycles. The maximum absolute atomic E-state index is 12.4.